The molecule has 1 rings (SSSR count). The molecule has 0 aliphatic carbocycles. The third-order valence-electron chi connectivity index (χ3n) is 2.13. The van der Waals surface area contributed by atoms with Gasteiger partial charge in [0.25, 0.3) is 10.1 Å². The second-order valence-corrected chi connectivity index (χ2v) is 5.79. The summed E-state index contributed by atoms with van der Waals surface area (Å²) in [6.45, 7) is -0.00145. The van der Waals surface area contributed by atoms with Crippen molar-refractivity contribution in [3.05, 3.63) is 29.3 Å². The van der Waals surface area contributed by atoms with Gasteiger partial charge in [0.05, 0.1) is 5.56 Å². The molecule has 20 heavy (non-hydrogen) atoms. The van der Waals surface area contributed by atoms with Gasteiger partial charge in [-0.25, -0.2) is 4.18 Å². The first-order valence-electron chi connectivity index (χ1n) is 4.91. The van der Waals surface area contributed by atoms with E-state index in [1.165, 1.54) is 13.0 Å². The fraction of sp³-hybridized carbons (Fsp3) is 0.333. The zero-order valence-electron chi connectivity index (χ0n) is 9.92. The van der Waals surface area contributed by atoms with Crippen molar-refractivity contribution in [2.24, 2.45) is 0 Å². The molecule has 0 saturated carbocycles. The molecule has 1 aromatic rings. The first-order valence-corrected chi connectivity index (χ1v) is 7.45. The van der Waals surface area contributed by atoms with E-state index in [1.807, 2.05) is 0 Å². The van der Waals surface area contributed by atoms with E-state index in [9.17, 15) is 26.2 Å². The van der Waals surface area contributed by atoms with E-state index in [0.29, 0.717) is 6.07 Å². The molecule has 0 heterocycles. The molecule has 1 aromatic carbocycles. The molecule has 1 unspecified atom stereocenters. The van der Waals surface area contributed by atoms with Crippen LogP contribution in [-0.2, 0) is 29.6 Å². The van der Waals surface area contributed by atoms with E-state index in [0.717, 1.165) is 6.07 Å². The number of halogens is 3. The lowest BCUT2D eigenvalue weighted by atomic mass is 10.1. The minimum Gasteiger partial charge on any atom is -0.232 e. The van der Waals surface area contributed by atoms with Crippen molar-refractivity contribution >= 4 is 18.4 Å². The van der Waals surface area contributed by atoms with Crippen LogP contribution >= 0.6 is 8.25 Å². The minimum absolute atomic E-state index is 0.173. The fourth-order valence-corrected chi connectivity index (χ4v) is 2.82. The van der Waals surface area contributed by atoms with Crippen LogP contribution in [0.5, 0.6) is 0 Å². The molecule has 0 spiro atoms. The van der Waals surface area contributed by atoms with Gasteiger partial charge in [0.15, 0.2) is 0 Å². The smallest absolute Gasteiger partial charge is 0.232 e. The Labute approximate surface area is 113 Å². The van der Waals surface area contributed by atoms with Crippen LogP contribution in [0.4, 0.5) is 13.2 Å². The first-order chi connectivity index (χ1) is 9.05. The summed E-state index contributed by atoms with van der Waals surface area (Å²) in [7, 11) is -7.91. The molecule has 0 bridgehead atoms. The molecule has 0 aliphatic rings. The van der Waals surface area contributed by atoms with Gasteiger partial charge in [-0.2, -0.15) is 21.6 Å². The number of hydrogen-bond acceptors (Lipinski definition) is 5. The van der Waals surface area contributed by atoms with Crippen LogP contribution in [-0.4, -0.2) is 20.1 Å². The van der Waals surface area contributed by atoms with E-state index in [-0.39, 0.29) is 5.56 Å². The zero-order valence-corrected chi connectivity index (χ0v) is 11.6. The summed E-state index contributed by atoms with van der Waals surface area (Å²) in [5.41, 5.74) is -1.56. The van der Waals surface area contributed by atoms with Gasteiger partial charge in [0, 0.05) is 4.57 Å². The minimum atomic E-state index is -4.89. The normalized spacial score (nSPS) is 13.3. The predicted octanol–water partition coefficient (Wildman–Crippen LogP) is 2.34. The number of hydrogen-bond donors (Lipinski definition) is 1. The van der Waals surface area contributed by atoms with Gasteiger partial charge >= 0.3 is 14.4 Å². The van der Waals surface area contributed by atoms with Crippen LogP contribution in [0, 0.1) is 6.92 Å². The lowest BCUT2D eigenvalue weighted by Gasteiger charge is -2.14. The molecule has 0 fully saturated rings. The molecule has 112 valence electrons. The summed E-state index contributed by atoms with van der Waals surface area (Å²) in [4.78, 5) is 7.24. The highest BCUT2D eigenvalue weighted by Crippen LogP contribution is 2.36. The van der Waals surface area contributed by atoms with Crippen molar-refractivity contribution in [3.8, 4) is 0 Å². The molecular weight excluding hydrogens is 324 g/mol. The Morgan fingerprint density at radius 1 is 1.35 bits per heavy atom. The van der Waals surface area contributed by atoms with Crippen LogP contribution in [0.2, 0.25) is 0 Å². The highest BCUT2D eigenvalue weighted by molar-refractivity contribution is 7.86. The van der Waals surface area contributed by atoms with E-state index in [2.05, 4.69) is 8.71 Å². The van der Waals surface area contributed by atoms with Gasteiger partial charge in [-0.15, -0.1) is 4.89 Å². The van der Waals surface area contributed by atoms with Crippen molar-refractivity contribution in [1.82, 2.24) is 0 Å². The Balaban J connectivity index is 3.21. The summed E-state index contributed by atoms with van der Waals surface area (Å²) in [6.07, 6.45) is -4.89. The number of benzene rings is 1. The van der Waals surface area contributed by atoms with E-state index < -0.39 is 41.8 Å². The molecule has 0 radical (unpaired) electrons. The Kier molecular flexibility index (Phi) is 5.22. The Hall–Kier alpha value is -1.06. The second kappa shape index (κ2) is 6.15. The molecule has 11 heteroatoms. The molecule has 6 nitrogen and oxygen atoms in total. The number of aryl methyl sites for hydroxylation is 1. The Bertz CT molecular complexity index is 613. The summed E-state index contributed by atoms with van der Waals surface area (Å²) < 4.78 is 80.0. The number of rotatable bonds is 5. The Morgan fingerprint density at radius 2 is 1.95 bits per heavy atom. The maximum Gasteiger partial charge on any atom is 0.697 e. The highest BCUT2D eigenvalue weighted by Gasteiger charge is 2.38. The quantitative estimate of drug-likeness (QED) is 0.505. The van der Waals surface area contributed by atoms with Crippen LogP contribution in [0.15, 0.2) is 23.1 Å². The molecule has 1 atom stereocenters. The van der Waals surface area contributed by atoms with Crippen LogP contribution < -0.4 is 0 Å². The van der Waals surface area contributed by atoms with Gasteiger partial charge in [-0.1, -0.05) is 16.7 Å². The van der Waals surface area contributed by atoms with Gasteiger partial charge < -0.3 is 0 Å². The lowest BCUT2D eigenvalue weighted by molar-refractivity contribution is -0.140. The van der Waals surface area contributed by atoms with Gasteiger partial charge in [-0.3, -0.25) is 0 Å². The summed E-state index contributed by atoms with van der Waals surface area (Å²) in [5, 5.41) is 0. The highest BCUT2D eigenvalue weighted by atomic mass is 32.2. The lowest BCUT2D eigenvalue weighted by Crippen LogP contribution is -2.17. The molecule has 0 saturated heterocycles. The second-order valence-electron chi connectivity index (χ2n) is 3.51. The molecule has 0 amide bonds. The van der Waals surface area contributed by atoms with Crippen molar-refractivity contribution in [3.63, 3.8) is 0 Å². The zero-order chi connectivity index (χ0) is 15.6. The van der Waals surface area contributed by atoms with Crippen molar-refractivity contribution in [2.75, 3.05) is 6.79 Å². The predicted molar refractivity (Wildman–Crippen MR) is 60.2 cm³/mol. The summed E-state index contributed by atoms with van der Waals surface area (Å²) in [5.74, 6) is 0. The summed E-state index contributed by atoms with van der Waals surface area (Å²) >= 11 is 0. The standard InChI is InChI=1S/C9H8F3O6PS/c1-6-3-2-4-7(9(10,11)12)8(6)20(15,16)18-5-17-19(13)14/h2-4H,5H2,1H3/p+1. The van der Waals surface area contributed by atoms with Crippen LogP contribution in [0.25, 0.3) is 0 Å². The maximum absolute atomic E-state index is 12.8. The molecule has 1 N–H and O–H groups in total. The Morgan fingerprint density at radius 3 is 2.45 bits per heavy atom. The van der Waals surface area contributed by atoms with Gasteiger partial charge in [-0.05, 0) is 18.6 Å². The van der Waals surface area contributed by atoms with Crippen molar-refractivity contribution in [1.29, 1.82) is 0 Å². The van der Waals surface area contributed by atoms with Crippen LogP contribution in [0.3, 0.4) is 0 Å². The number of alkyl halides is 3. The average Bonchev–Trinajstić information content (AvgIpc) is 2.26. The fourth-order valence-electron chi connectivity index (χ4n) is 1.40. The first kappa shape index (κ1) is 17.0. The van der Waals surface area contributed by atoms with Crippen LogP contribution in [0.1, 0.15) is 11.1 Å². The maximum atomic E-state index is 12.8. The van der Waals surface area contributed by atoms with Crippen molar-refractivity contribution in [2.45, 2.75) is 18.0 Å². The van der Waals surface area contributed by atoms with Gasteiger partial charge in [0.1, 0.15) is 4.90 Å². The monoisotopic (exact) mass is 333 g/mol. The third kappa shape index (κ3) is 4.22. The van der Waals surface area contributed by atoms with E-state index in [1.54, 1.807) is 0 Å². The van der Waals surface area contributed by atoms with Gasteiger partial charge in [0.2, 0.25) is 6.79 Å². The van der Waals surface area contributed by atoms with E-state index >= 15 is 0 Å². The topological polar surface area (TPSA) is 89.9 Å². The third-order valence-corrected chi connectivity index (χ3v) is 3.91. The van der Waals surface area contributed by atoms with Crippen molar-refractivity contribution < 1.29 is 39.8 Å². The largest absolute Gasteiger partial charge is 0.697 e. The average molecular weight is 333 g/mol. The SMILES string of the molecule is Cc1cccc(C(F)(F)F)c1S(=O)(=O)OCO[P+](=O)O. The molecule has 0 aliphatic heterocycles. The van der Waals surface area contributed by atoms with E-state index in [4.69, 9.17) is 4.89 Å². The molecule has 0 aromatic heterocycles. The molecular formula is C9H9F3O6PS+. The summed E-state index contributed by atoms with van der Waals surface area (Å²) in [6, 6.07) is 2.81.